The Morgan fingerprint density at radius 1 is 1.22 bits per heavy atom. The molecule has 1 heterocycles. The summed E-state index contributed by atoms with van der Waals surface area (Å²) >= 11 is 3.33. The summed E-state index contributed by atoms with van der Waals surface area (Å²) in [7, 11) is 1.66. The molecule has 3 rings (SSSR count). The number of nitrogens with zero attached hydrogens (tertiary/aromatic N) is 2. The minimum Gasteiger partial charge on any atom is -0.496 e. The highest BCUT2D eigenvalue weighted by Gasteiger charge is 2.09. The van der Waals surface area contributed by atoms with Crippen LogP contribution >= 0.6 is 15.9 Å². The lowest BCUT2D eigenvalue weighted by Gasteiger charge is -2.11. The summed E-state index contributed by atoms with van der Waals surface area (Å²) in [4.78, 5) is 4.43. The summed E-state index contributed by atoms with van der Waals surface area (Å²) in [6.07, 6.45) is 4.33. The Balaban J connectivity index is 1.85. The third kappa shape index (κ3) is 3.79. The minimum absolute atomic E-state index is 0.249. The highest BCUT2D eigenvalue weighted by atomic mass is 79.9. The van der Waals surface area contributed by atoms with Crippen molar-refractivity contribution in [3.63, 3.8) is 0 Å². The molecule has 0 saturated carbocycles. The van der Waals surface area contributed by atoms with Crippen LogP contribution < -0.4 is 4.74 Å². The molecule has 3 aromatic rings. The summed E-state index contributed by atoms with van der Waals surface area (Å²) in [6, 6.07) is 12.8. The molecule has 0 unspecified atom stereocenters. The van der Waals surface area contributed by atoms with Crippen LogP contribution in [0.4, 0.5) is 4.39 Å². The van der Waals surface area contributed by atoms with Crippen molar-refractivity contribution < 1.29 is 9.13 Å². The summed E-state index contributed by atoms with van der Waals surface area (Å²) in [5.74, 6) is 1.51. The van der Waals surface area contributed by atoms with Crippen LogP contribution in [0, 0.1) is 5.82 Å². The SMILES string of the molecule is COc1ccccc1Cc1nccn1Cc1cc(F)cc(Br)c1. The molecular formula is C18H16BrFN2O. The van der Waals surface area contributed by atoms with E-state index in [2.05, 4.69) is 20.9 Å². The monoisotopic (exact) mass is 374 g/mol. The number of halogens is 2. The van der Waals surface area contributed by atoms with Crippen LogP contribution in [-0.4, -0.2) is 16.7 Å². The predicted molar refractivity (Wildman–Crippen MR) is 91.2 cm³/mol. The molecule has 0 radical (unpaired) electrons. The molecule has 0 amide bonds. The van der Waals surface area contributed by atoms with E-state index >= 15 is 0 Å². The van der Waals surface area contributed by atoms with E-state index in [0.717, 1.165) is 27.2 Å². The standard InChI is InChI=1S/C18H16BrFN2O/c1-23-17-5-3-2-4-14(17)10-18-21-6-7-22(18)12-13-8-15(19)11-16(20)9-13/h2-9,11H,10,12H2,1H3. The first kappa shape index (κ1) is 15.7. The fourth-order valence-corrected chi connectivity index (χ4v) is 3.08. The van der Waals surface area contributed by atoms with Gasteiger partial charge >= 0.3 is 0 Å². The van der Waals surface area contributed by atoms with Crippen LogP contribution in [0.5, 0.6) is 5.75 Å². The normalized spacial score (nSPS) is 10.7. The molecule has 0 atom stereocenters. The second-order valence-electron chi connectivity index (χ2n) is 5.24. The summed E-state index contributed by atoms with van der Waals surface area (Å²) in [5.41, 5.74) is 1.96. The topological polar surface area (TPSA) is 27.1 Å². The molecule has 5 heteroatoms. The van der Waals surface area contributed by atoms with Gasteiger partial charge in [-0.3, -0.25) is 0 Å². The Morgan fingerprint density at radius 3 is 2.83 bits per heavy atom. The third-order valence-electron chi connectivity index (χ3n) is 3.62. The largest absolute Gasteiger partial charge is 0.496 e. The fraction of sp³-hybridized carbons (Fsp3) is 0.167. The number of aromatic nitrogens is 2. The summed E-state index contributed by atoms with van der Waals surface area (Å²) in [6.45, 7) is 0.570. The van der Waals surface area contributed by atoms with Gasteiger partial charge in [0.2, 0.25) is 0 Å². The van der Waals surface area contributed by atoms with Gasteiger partial charge in [0.1, 0.15) is 17.4 Å². The quantitative estimate of drug-likeness (QED) is 0.660. The van der Waals surface area contributed by atoms with E-state index in [-0.39, 0.29) is 5.82 Å². The van der Waals surface area contributed by atoms with Crippen molar-refractivity contribution in [2.45, 2.75) is 13.0 Å². The van der Waals surface area contributed by atoms with E-state index in [1.807, 2.05) is 41.1 Å². The molecule has 0 spiro atoms. The van der Waals surface area contributed by atoms with Crippen LogP contribution in [0.2, 0.25) is 0 Å². The Bertz CT molecular complexity index is 796. The molecule has 0 saturated heterocycles. The highest BCUT2D eigenvalue weighted by Crippen LogP contribution is 2.21. The smallest absolute Gasteiger partial charge is 0.124 e. The fourth-order valence-electron chi connectivity index (χ4n) is 2.57. The van der Waals surface area contributed by atoms with Crippen molar-refractivity contribution in [1.82, 2.24) is 9.55 Å². The average molecular weight is 375 g/mol. The average Bonchev–Trinajstić information content (AvgIpc) is 2.94. The van der Waals surface area contributed by atoms with E-state index < -0.39 is 0 Å². The van der Waals surface area contributed by atoms with Crippen molar-refractivity contribution in [2.24, 2.45) is 0 Å². The van der Waals surface area contributed by atoms with E-state index in [4.69, 9.17) is 4.74 Å². The Kier molecular flexibility index (Phi) is 4.76. The van der Waals surface area contributed by atoms with Crippen molar-refractivity contribution in [3.05, 3.63) is 82.1 Å². The van der Waals surface area contributed by atoms with Crippen molar-refractivity contribution in [2.75, 3.05) is 7.11 Å². The van der Waals surface area contributed by atoms with Gasteiger partial charge in [-0.05, 0) is 29.8 Å². The van der Waals surface area contributed by atoms with Crippen LogP contribution in [0.1, 0.15) is 17.0 Å². The molecule has 0 bridgehead atoms. The number of para-hydroxylation sites is 1. The molecule has 118 valence electrons. The number of imidazole rings is 1. The zero-order chi connectivity index (χ0) is 16.2. The van der Waals surface area contributed by atoms with Gasteiger partial charge in [-0.1, -0.05) is 34.1 Å². The van der Waals surface area contributed by atoms with Crippen molar-refractivity contribution >= 4 is 15.9 Å². The highest BCUT2D eigenvalue weighted by molar-refractivity contribution is 9.10. The van der Waals surface area contributed by atoms with Gasteiger partial charge in [0, 0.05) is 35.4 Å². The van der Waals surface area contributed by atoms with Gasteiger partial charge in [-0.15, -0.1) is 0 Å². The molecule has 0 aliphatic carbocycles. The molecular weight excluding hydrogens is 359 g/mol. The van der Waals surface area contributed by atoms with Crippen LogP contribution in [0.15, 0.2) is 59.3 Å². The number of ether oxygens (including phenoxy) is 1. The Morgan fingerprint density at radius 2 is 2.04 bits per heavy atom. The zero-order valence-corrected chi connectivity index (χ0v) is 14.3. The molecule has 1 aromatic heterocycles. The number of hydrogen-bond donors (Lipinski definition) is 0. The number of benzene rings is 2. The summed E-state index contributed by atoms with van der Waals surface area (Å²) < 4.78 is 21.7. The first-order valence-corrected chi connectivity index (χ1v) is 8.02. The van der Waals surface area contributed by atoms with Crippen LogP contribution in [0.3, 0.4) is 0 Å². The molecule has 0 aliphatic heterocycles. The maximum atomic E-state index is 13.5. The number of rotatable bonds is 5. The second kappa shape index (κ2) is 6.96. The van der Waals surface area contributed by atoms with Crippen LogP contribution in [0.25, 0.3) is 0 Å². The molecule has 3 nitrogen and oxygen atoms in total. The van der Waals surface area contributed by atoms with Gasteiger partial charge in [0.15, 0.2) is 0 Å². The molecule has 0 aliphatic rings. The molecule has 2 aromatic carbocycles. The van der Waals surface area contributed by atoms with Gasteiger partial charge in [-0.25, -0.2) is 9.37 Å². The van der Waals surface area contributed by atoms with E-state index in [1.54, 1.807) is 13.3 Å². The maximum Gasteiger partial charge on any atom is 0.124 e. The predicted octanol–water partition coefficient (Wildman–Crippen LogP) is 4.43. The van der Waals surface area contributed by atoms with Gasteiger partial charge in [0.25, 0.3) is 0 Å². The first-order valence-electron chi connectivity index (χ1n) is 7.22. The van der Waals surface area contributed by atoms with Gasteiger partial charge in [-0.2, -0.15) is 0 Å². The lowest BCUT2D eigenvalue weighted by atomic mass is 10.1. The summed E-state index contributed by atoms with van der Waals surface area (Å²) in [5, 5.41) is 0. The van der Waals surface area contributed by atoms with E-state index in [9.17, 15) is 4.39 Å². The van der Waals surface area contributed by atoms with Crippen molar-refractivity contribution in [1.29, 1.82) is 0 Å². The van der Waals surface area contributed by atoms with Crippen LogP contribution in [-0.2, 0) is 13.0 Å². The minimum atomic E-state index is -0.249. The lowest BCUT2D eigenvalue weighted by Crippen LogP contribution is -2.06. The first-order chi connectivity index (χ1) is 11.2. The van der Waals surface area contributed by atoms with E-state index in [1.165, 1.54) is 12.1 Å². The molecule has 0 fully saturated rings. The molecule has 23 heavy (non-hydrogen) atoms. The molecule has 0 N–H and O–H groups in total. The third-order valence-corrected chi connectivity index (χ3v) is 4.08. The van der Waals surface area contributed by atoms with Gasteiger partial charge < -0.3 is 9.30 Å². The second-order valence-corrected chi connectivity index (χ2v) is 6.15. The number of hydrogen-bond acceptors (Lipinski definition) is 2. The zero-order valence-electron chi connectivity index (χ0n) is 12.7. The Labute approximate surface area is 142 Å². The van der Waals surface area contributed by atoms with Gasteiger partial charge in [0.05, 0.1) is 7.11 Å². The maximum absolute atomic E-state index is 13.5. The van der Waals surface area contributed by atoms with Crippen molar-refractivity contribution in [3.8, 4) is 5.75 Å². The number of methoxy groups -OCH3 is 1. The Hall–Kier alpha value is -2.14. The van der Waals surface area contributed by atoms with E-state index in [0.29, 0.717) is 13.0 Å². The lowest BCUT2D eigenvalue weighted by molar-refractivity contribution is 0.410.